The molecule has 6 nitrogen and oxygen atoms in total. The predicted octanol–water partition coefficient (Wildman–Crippen LogP) is 1.89. The number of hydrogen-bond donors (Lipinski definition) is 1. The minimum atomic E-state index is -0.551. The highest BCUT2D eigenvalue weighted by Gasteiger charge is 2.11. The standard InChI is InChI=1S/C14H16N4O2/c1-9-5-4-6-11(16-9)8-15-12-7-10(2)17-13(18-12)14(19)20-3/h4-7H,8H2,1-3H3,(H,15,17,18). The van der Waals surface area contributed by atoms with Crippen LogP contribution in [-0.4, -0.2) is 28.0 Å². The molecule has 0 atom stereocenters. The molecule has 0 unspecified atom stereocenters. The summed E-state index contributed by atoms with van der Waals surface area (Å²) in [6, 6.07) is 7.58. The van der Waals surface area contributed by atoms with Gasteiger partial charge in [-0.2, -0.15) is 0 Å². The van der Waals surface area contributed by atoms with Gasteiger partial charge in [-0.15, -0.1) is 0 Å². The van der Waals surface area contributed by atoms with Crippen molar-refractivity contribution >= 4 is 11.8 Å². The van der Waals surface area contributed by atoms with Gasteiger partial charge in [-0.1, -0.05) is 6.07 Å². The van der Waals surface area contributed by atoms with Gasteiger partial charge in [-0.3, -0.25) is 4.98 Å². The minimum absolute atomic E-state index is 0.0483. The van der Waals surface area contributed by atoms with Gasteiger partial charge in [-0.05, 0) is 26.0 Å². The molecule has 0 saturated carbocycles. The van der Waals surface area contributed by atoms with E-state index in [2.05, 4.69) is 25.0 Å². The average molecular weight is 272 g/mol. The van der Waals surface area contributed by atoms with Gasteiger partial charge in [0.05, 0.1) is 19.3 Å². The van der Waals surface area contributed by atoms with Crippen molar-refractivity contribution in [1.82, 2.24) is 15.0 Å². The summed E-state index contributed by atoms with van der Waals surface area (Å²) in [5.74, 6) is 0.0684. The second kappa shape index (κ2) is 6.10. The molecule has 0 aromatic carbocycles. The lowest BCUT2D eigenvalue weighted by Gasteiger charge is -2.07. The van der Waals surface area contributed by atoms with Gasteiger partial charge in [-0.25, -0.2) is 14.8 Å². The summed E-state index contributed by atoms with van der Waals surface area (Å²) in [4.78, 5) is 24.0. The third-order valence-corrected chi connectivity index (χ3v) is 2.62. The number of nitrogens with one attached hydrogen (secondary N) is 1. The van der Waals surface area contributed by atoms with Crippen molar-refractivity contribution in [3.8, 4) is 0 Å². The zero-order valence-corrected chi connectivity index (χ0v) is 11.7. The Balaban J connectivity index is 2.13. The summed E-state index contributed by atoms with van der Waals surface area (Å²) in [6.45, 7) is 4.26. The lowest BCUT2D eigenvalue weighted by molar-refractivity contribution is 0.0586. The third-order valence-electron chi connectivity index (χ3n) is 2.62. The van der Waals surface area contributed by atoms with Gasteiger partial charge in [0.2, 0.25) is 5.82 Å². The smallest absolute Gasteiger partial charge is 0.376 e. The zero-order chi connectivity index (χ0) is 14.5. The Morgan fingerprint density at radius 3 is 2.70 bits per heavy atom. The van der Waals surface area contributed by atoms with E-state index in [0.29, 0.717) is 18.1 Å². The van der Waals surface area contributed by atoms with Gasteiger partial charge < -0.3 is 10.1 Å². The molecule has 0 amide bonds. The second-order valence-electron chi connectivity index (χ2n) is 4.33. The van der Waals surface area contributed by atoms with Gasteiger partial charge >= 0.3 is 5.97 Å². The van der Waals surface area contributed by atoms with Crippen molar-refractivity contribution in [1.29, 1.82) is 0 Å². The molecule has 0 aliphatic rings. The van der Waals surface area contributed by atoms with E-state index in [1.165, 1.54) is 7.11 Å². The molecule has 0 aliphatic heterocycles. The Morgan fingerprint density at radius 1 is 1.20 bits per heavy atom. The molecule has 0 saturated heterocycles. The van der Waals surface area contributed by atoms with E-state index < -0.39 is 5.97 Å². The molecule has 2 aromatic rings. The highest BCUT2D eigenvalue weighted by molar-refractivity contribution is 5.85. The van der Waals surface area contributed by atoms with Crippen molar-refractivity contribution in [3.63, 3.8) is 0 Å². The molecule has 2 aromatic heterocycles. The van der Waals surface area contributed by atoms with Gasteiger partial charge in [0, 0.05) is 17.5 Å². The molecule has 0 radical (unpaired) electrons. The zero-order valence-electron chi connectivity index (χ0n) is 11.7. The largest absolute Gasteiger partial charge is 0.463 e. The van der Waals surface area contributed by atoms with Crippen molar-refractivity contribution in [2.24, 2.45) is 0 Å². The summed E-state index contributed by atoms with van der Waals surface area (Å²) in [5.41, 5.74) is 2.56. The number of pyridine rings is 1. The number of rotatable bonds is 4. The minimum Gasteiger partial charge on any atom is -0.463 e. The molecule has 2 rings (SSSR count). The first-order chi connectivity index (χ1) is 9.58. The molecular weight excluding hydrogens is 256 g/mol. The summed E-state index contributed by atoms with van der Waals surface area (Å²) < 4.78 is 4.62. The first kappa shape index (κ1) is 13.9. The van der Waals surface area contributed by atoms with Gasteiger partial charge in [0.1, 0.15) is 5.82 Å². The number of nitrogens with zero attached hydrogens (tertiary/aromatic N) is 3. The maximum absolute atomic E-state index is 11.4. The summed E-state index contributed by atoms with van der Waals surface area (Å²) in [7, 11) is 1.30. The maximum atomic E-state index is 11.4. The van der Waals surface area contributed by atoms with E-state index >= 15 is 0 Å². The van der Waals surface area contributed by atoms with Crippen LogP contribution in [0.15, 0.2) is 24.3 Å². The van der Waals surface area contributed by atoms with Crippen molar-refractivity contribution in [2.45, 2.75) is 20.4 Å². The van der Waals surface area contributed by atoms with Crippen LogP contribution >= 0.6 is 0 Å². The molecule has 0 bridgehead atoms. The highest BCUT2D eigenvalue weighted by atomic mass is 16.5. The number of methoxy groups -OCH3 is 1. The van der Waals surface area contributed by atoms with E-state index in [4.69, 9.17) is 0 Å². The number of carbonyl (C=O) groups excluding carboxylic acids is 1. The second-order valence-corrected chi connectivity index (χ2v) is 4.33. The molecule has 2 heterocycles. The Hall–Kier alpha value is -2.50. The molecule has 0 spiro atoms. The third kappa shape index (κ3) is 3.50. The van der Waals surface area contributed by atoms with Crippen LogP contribution in [-0.2, 0) is 11.3 Å². The SMILES string of the molecule is COC(=O)c1nc(C)cc(NCc2cccc(C)n2)n1. The molecule has 104 valence electrons. The lowest BCUT2D eigenvalue weighted by atomic mass is 10.3. The van der Waals surface area contributed by atoms with Crippen molar-refractivity contribution < 1.29 is 9.53 Å². The van der Waals surface area contributed by atoms with Gasteiger partial charge in [0.15, 0.2) is 0 Å². The molecule has 6 heteroatoms. The van der Waals surface area contributed by atoms with Crippen LogP contribution in [0.5, 0.6) is 0 Å². The van der Waals surface area contributed by atoms with Crippen LogP contribution in [0, 0.1) is 13.8 Å². The number of aryl methyl sites for hydroxylation is 2. The van der Waals surface area contributed by atoms with Crippen LogP contribution in [0.3, 0.4) is 0 Å². The van der Waals surface area contributed by atoms with Crippen LogP contribution in [0.25, 0.3) is 0 Å². The molecule has 20 heavy (non-hydrogen) atoms. The highest BCUT2D eigenvalue weighted by Crippen LogP contribution is 2.09. The average Bonchev–Trinajstić information content (AvgIpc) is 2.44. The first-order valence-electron chi connectivity index (χ1n) is 6.19. The summed E-state index contributed by atoms with van der Waals surface area (Å²) >= 11 is 0. The summed E-state index contributed by atoms with van der Waals surface area (Å²) in [5, 5.41) is 3.13. The van der Waals surface area contributed by atoms with E-state index in [1.807, 2.05) is 25.1 Å². The fourth-order valence-electron chi connectivity index (χ4n) is 1.72. The quantitative estimate of drug-likeness (QED) is 0.856. The van der Waals surface area contributed by atoms with E-state index in [1.54, 1.807) is 13.0 Å². The van der Waals surface area contributed by atoms with E-state index in [0.717, 1.165) is 11.4 Å². The number of ether oxygens (including phenoxy) is 1. The Kier molecular flexibility index (Phi) is 4.24. The van der Waals surface area contributed by atoms with Crippen molar-refractivity contribution in [2.75, 3.05) is 12.4 Å². The number of aromatic nitrogens is 3. The topological polar surface area (TPSA) is 77.0 Å². The Labute approximate surface area is 117 Å². The van der Waals surface area contributed by atoms with E-state index in [9.17, 15) is 4.79 Å². The number of esters is 1. The van der Waals surface area contributed by atoms with Crippen LogP contribution in [0.4, 0.5) is 5.82 Å². The lowest BCUT2D eigenvalue weighted by Crippen LogP contribution is -2.11. The Morgan fingerprint density at radius 2 is 2.00 bits per heavy atom. The van der Waals surface area contributed by atoms with Gasteiger partial charge in [0.25, 0.3) is 0 Å². The number of anilines is 1. The molecule has 0 fully saturated rings. The molecular formula is C14H16N4O2. The number of hydrogen-bond acceptors (Lipinski definition) is 6. The Bertz CT molecular complexity index is 628. The summed E-state index contributed by atoms with van der Waals surface area (Å²) in [6.07, 6.45) is 0. The predicted molar refractivity (Wildman–Crippen MR) is 74.4 cm³/mol. The van der Waals surface area contributed by atoms with Crippen LogP contribution < -0.4 is 5.32 Å². The maximum Gasteiger partial charge on any atom is 0.376 e. The van der Waals surface area contributed by atoms with Crippen molar-refractivity contribution in [3.05, 3.63) is 47.2 Å². The first-order valence-corrected chi connectivity index (χ1v) is 6.19. The monoisotopic (exact) mass is 272 g/mol. The normalized spacial score (nSPS) is 10.2. The fourth-order valence-corrected chi connectivity index (χ4v) is 1.72. The molecule has 1 N–H and O–H groups in total. The van der Waals surface area contributed by atoms with E-state index in [-0.39, 0.29) is 5.82 Å². The fraction of sp³-hybridized carbons (Fsp3) is 0.286. The van der Waals surface area contributed by atoms with Crippen LogP contribution in [0.2, 0.25) is 0 Å². The molecule has 0 aliphatic carbocycles. The number of carbonyl (C=O) groups is 1. The van der Waals surface area contributed by atoms with Crippen LogP contribution in [0.1, 0.15) is 27.7 Å².